The summed E-state index contributed by atoms with van der Waals surface area (Å²) in [5, 5.41) is 13.2. The summed E-state index contributed by atoms with van der Waals surface area (Å²) in [4.78, 5) is 24.9. The van der Waals surface area contributed by atoms with Crippen LogP contribution in [0.25, 0.3) is 0 Å². The number of thiophene rings is 1. The lowest BCUT2D eigenvalue weighted by atomic mass is 9.91. The fourth-order valence-corrected chi connectivity index (χ4v) is 3.08. The lowest BCUT2D eigenvalue weighted by Crippen LogP contribution is -2.35. The van der Waals surface area contributed by atoms with Gasteiger partial charge in [-0.25, -0.2) is 4.79 Å². The first-order chi connectivity index (χ1) is 9.28. The lowest BCUT2D eigenvalue weighted by Gasteiger charge is -2.24. The van der Waals surface area contributed by atoms with Gasteiger partial charge in [-0.3, -0.25) is 4.79 Å². The van der Waals surface area contributed by atoms with Crippen molar-refractivity contribution in [3.8, 4) is 0 Å². The Bertz CT molecular complexity index is 492. The number of carbonyl (C=O) groups is 2. The molecule has 0 aliphatic carbocycles. The van der Waals surface area contributed by atoms with Gasteiger partial charge in [0, 0.05) is 19.0 Å². The van der Waals surface area contributed by atoms with E-state index in [2.05, 4.69) is 0 Å². The average Bonchev–Trinajstić information content (AvgIpc) is 2.95. The molecule has 0 aromatic carbocycles. The number of carbonyl (C=O) groups excluding carboxylic acids is 1. The molecular weight excluding hydrogens is 278 g/mol. The van der Waals surface area contributed by atoms with Crippen LogP contribution in [0.5, 0.6) is 0 Å². The minimum Gasteiger partial charge on any atom is -0.481 e. The Morgan fingerprint density at radius 3 is 2.60 bits per heavy atom. The van der Waals surface area contributed by atoms with Crippen molar-refractivity contribution in [3.05, 3.63) is 22.4 Å². The number of hydrogen-bond donors (Lipinski definition) is 1. The molecule has 0 saturated carbocycles. The van der Waals surface area contributed by atoms with Gasteiger partial charge in [-0.05, 0) is 43.2 Å². The van der Waals surface area contributed by atoms with E-state index >= 15 is 0 Å². The van der Waals surface area contributed by atoms with Gasteiger partial charge in [0.2, 0.25) is 0 Å². The minimum atomic E-state index is -0.868. The third-order valence-electron chi connectivity index (χ3n) is 3.26. The van der Waals surface area contributed by atoms with Crippen molar-refractivity contribution in [2.24, 2.45) is 5.92 Å². The van der Waals surface area contributed by atoms with Gasteiger partial charge in [0.15, 0.2) is 0 Å². The second-order valence-corrected chi connectivity index (χ2v) is 6.77. The van der Waals surface area contributed by atoms with E-state index < -0.39 is 23.6 Å². The Morgan fingerprint density at radius 2 is 2.10 bits per heavy atom. The third-order valence-corrected chi connectivity index (χ3v) is 3.96. The Morgan fingerprint density at radius 1 is 1.40 bits per heavy atom. The lowest BCUT2D eigenvalue weighted by molar-refractivity contribution is -0.141. The molecule has 1 aromatic heterocycles. The van der Waals surface area contributed by atoms with Gasteiger partial charge in [-0.2, -0.15) is 11.3 Å². The fourth-order valence-electron chi connectivity index (χ4n) is 2.35. The Labute approximate surface area is 122 Å². The molecule has 1 amide bonds. The summed E-state index contributed by atoms with van der Waals surface area (Å²) < 4.78 is 5.31. The van der Waals surface area contributed by atoms with Crippen LogP contribution in [0.1, 0.15) is 32.3 Å². The molecule has 2 atom stereocenters. The van der Waals surface area contributed by atoms with Crippen molar-refractivity contribution in [3.63, 3.8) is 0 Å². The molecule has 1 fully saturated rings. The van der Waals surface area contributed by atoms with Gasteiger partial charge in [0.1, 0.15) is 5.60 Å². The minimum absolute atomic E-state index is 0.161. The van der Waals surface area contributed by atoms with E-state index in [1.165, 1.54) is 16.2 Å². The first kappa shape index (κ1) is 14.8. The second kappa shape index (κ2) is 5.44. The highest BCUT2D eigenvalue weighted by molar-refractivity contribution is 7.08. The van der Waals surface area contributed by atoms with Crippen LogP contribution in [0.4, 0.5) is 4.79 Å². The highest BCUT2D eigenvalue weighted by Crippen LogP contribution is 2.34. The summed E-state index contributed by atoms with van der Waals surface area (Å²) >= 11 is 1.53. The Kier molecular flexibility index (Phi) is 4.04. The van der Waals surface area contributed by atoms with Crippen molar-refractivity contribution in [2.45, 2.75) is 32.3 Å². The largest absolute Gasteiger partial charge is 0.481 e. The van der Waals surface area contributed by atoms with Crippen LogP contribution < -0.4 is 0 Å². The number of likely N-dealkylation sites (tertiary alicyclic amines) is 1. The summed E-state index contributed by atoms with van der Waals surface area (Å²) in [6.45, 7) is 5.98. The maximum absolute atomic E-state index is 12.1. The third kappa shape index (κ3) is 3.30. The number of carboxylic acids is 1. The molecular formula is C14H19NO4S. The van der Waals surface area contributed by atoms with Crippen molar-refractivity contribution in [1.82, 2.24) is 4.90 Å². The normalized spacial score (nSPS) is 22.9. The zero-order valence-corrected chi connectivity index (χ0v) is 12.6. The summed E-state index contributed by atoms with van der Waals surface area (Å²) in [6, 6.07) is 1.92. The molecule has 110 valence electrons. The van der Waals surface area contributed by atoms with Gasteiger partial charge in [0.25, 0.3) is 0 Å². The first-order valence-electron chi connectivity index (χ1n) is 6.51. The summed E-state index contributed by atoms with van der Waals surface area (Å²) in [5.74, 6) is -1.60. The summed E-state index contributed by atoms with van der Waals surface area (Å²) in [5.41, 5.74) is 0.407. The monoisotopic (exact) mass is 297 g/mol. The van der Waals surface area contributed by atoms with E-state index in [1.807, 2.05) is 16.8 Å². The first-order valence-corrected chi connectivity index (χ1v) is 7.45. The van der Waals surface area contributed by atoms with Gasteiger partial charge in [-0.15, -0.1) is 0 Å². The molecule has 5 nitrogen and oxygen atoms in total. The van der Waals surface area contributed by atoms with E-state index in [4.69, 9.17) is 4.74 Å². The van der Waals surface area contributed by atoms with Crippen LogP contribution in [0.2, 0.25) is 0 Å². The maximum atomic E-state index is 12.1. The van der Waals surface area contributed by atoms with E-state index in [9.17, 15) is 14.7 Å². The quantitative estimate of drug-likeness (QED) is 0.911. The molecule has 0 unspecified atom stereocenters. The Hall–Kier alpha value is -1.56. The highest BCUT2D eigenvalue weighted by atomic mass is 32.1. The van der Waals surface area contributed by atoms with Gasteiger partial charge < -0.3 is 14.7 Å². The van der Waals surface area contributed by atoms with Crippen molar-refractivity contribution >= 4 is 23.4 Å². The number of aliphatic carboxylic acids is 1. The zero-order chi connectivity index (χ0) is 14.9. The van der Waals surface area contributed by atoms with Crippen LogP contribution in [0, 0.1) is 5.92 Å². The van der Waals surface area contributed by atoms with Crippen molar-refractivity contribution < 1.29 is 19.4 Å². The van der Waals surface area contributed by atoms with E-state index in [1.54, 1.807) is 20.8 Å². The smallest absolute Gasteiger partial charge is 0.410 e. The van der Waals surface area contributed by atoms with Crippen LogP contribution in [-0.2, 0) is 9.53 Å². The van der Waals surface area contributed by atoms with E-state index in [-0.39, 0.29) is 12.5 Å². The number of nitrogens with zero attached hydrogens (tertiary/aromatic N) is 1. The van der Waals surface area contributed by atoms with E-state index in [0.717, 1.165) is 5.56 Å². The van der Waals surface area contributed by atoms with Crippen LogP contribution in [0.3, 0.4) is 0 Å². The number of carboxylic acid groups (broad SMARTS) is 1. The molecule has 0 radical (unpaired) electrons. The molecule has 2 heterocycles. The molecule has 1 aliphatic rings. The zero-order valence-electron chi connectivity index (χ0n) is 11.8. The molecule has 1 aromatic rings. The Balaban J connectivity index is 2.12. The van der Waals surface area contributed by atoms with Crippen LogP contribution >= 0.6 is 11.3 Å². The van der Waals surface area contributed by atoms with Gasteiger partial charge in [0.05, 0.1) is 5.92 Å². The van der Waals surface area contributed by atoms with Crippen LogP contribution in [-0.4, -0.2) is 40.8 Å². The predicted octanol–water partition coefficient (Wildman–Crippen LogP) is 2.78. The molecule has 6 heteroatoms. The average molecular weight is 297 g/mol. The van der Waals surface area contributed by atoms with E-state index in [0.29, 0.717) is 6.54 Å². The van der Waals surface area contributed by atoms with Crippen molar-refractivity contribution in [1.29, 1.82) is 0 Å². The number of rotatable bonds is 2. The summed E-state index contributed by atoms with van der Waals surface area (Å²) in [6.07, 6.45) is -0.443. The number of ether oxygens (including phenoxy) is 1. The van der Waals surface area contributed by atoms with Gasteiger partial charge >= 0.3 is 12.1 Å². The number of hydrogen-bond acceptors (Lipinski definition) is 4. The predicted molar refractivity (Wildman–Crippen MR) is 76.0 cm³/mol. The molecule has 1 aliphatic heterocycles. The SMILES string of the molecule is CC(C)(C)OC(=O)N1C[C@H](C(=O)O)[C@@H](c2ccsc2)C1. The second-order valence-electron chi connectivity index (χ2n) is 5.99. The molecule has 20 heavy (non-hydrogen) atoms. The molecule has 0 spiro atoms. The number of amides is 1. The highest BCUT2D eigenvalue weighted by Gasteiger charge is 2.41. The molecule has 2 rings (SSSR count). The molecule has 1 saturated heterocycles. The molecule has 0 bridgehead atoms. The topological polar surface area (TPSA) is 66.8 Å². The molecule has 1 N–H and O–H groups in total. The van der Waals surface area contributed by atoms with Crippen LogP contribution in [0.15, 0.2) is 16.8 Å². The maximum Gasteiger partial charge on any atom is 0.410 e. The standard InChI is InChI=1S/C14H19NO4S/c1-14(2,3)19-13(18)15-6-10(9-4-5-20-8-9)11(7-15)12(16)17/h4-5,8,10-11H,6-7H2,1-3H3,(H,16,17)/t10-,11+/m1/s1. The summed E-state index contributed by atoms with van der Waals surface area (Å²) in [7, 11) is 0. The fraction of sp³-hybridized carbons (Fsp3) is 0.571. The van der Waals surface area contributed by atoms with Gasteiger partial charge in [-0.1, -0.05) is 0 Å². The van der Waals surface area contributed by atoms with Crippen molar-refractivity contribution in [2.75, 3.05) is 13.1 Å².